The van der Waals surface area contributed by atoms with Gasteiger partial charge in [-0.3, -0.25) is 0 Å². The van der Waals surface area contributed by atoms with Crippen LogP contribution in [0.4, 0.5) is 0 Å². The summed E-state index contributed by atoms with van der Waals surface area (Å²) in [4.78, 5) is 0. The molecule has 0 saturated heterocycles. The Bertz CT molecular complexity index is 625. The normalized spacial score (nSPS) is 12.2. The van der Waals surface area contributed by atoms with Crippen LogP contribution in [0.15, 0.2) is 36.4 Å². The van der Waals surface area contributed by atoms with E-state index in [2.05, 4.69) is 37.4 Å². The first-order valence-corrected chi connectivity index (χ1v) is 7.49. The first-order chi connectivity index (χ1) is 10.0. The molecule has 0 radical (unpaired) electrons. The van der Waals surface area contributed by atoms with E-state index in [-0.39, 0.29) is 6.04 Å². The van der Waals surface area contributed by atoms with E-state index in [1.54, 1.807) is 7.11 Å². The molecule has 2 aromatic rings. The predicted molar refractivity (Wildman–Crippen MR) is 89.4 cm³/mol. The molecule has 0 aliphatic rings. The zero-order chi connectivity index (χ0) is 15.4. The number of hydrogen-bond acceptors (Lipinski definition) is 2. The Morgan fingerprint density at radius 2 is 1.90 bits per heavy atom. The summed E-state index contributed by atoms with van der Waals surface area (Å²) in [5, 5.41) is 4.14. The van der Waals surface area contributed by atoms with Gasteiger partial charge < -0.3 is 10.1 Å². The maximum Gasteiger partial charge on any atom is 0.122 e. The Morgan fingerprint density at radius 1 is 1.14 bits per heavy atom. The minimum absolute atomic E-state index is 0.234. The highest BCUT2D eigenvalue weighted by molar-refractivity contribution is 6.30. The Balaban J connectivity index is 2.33. The SMILES string of the molecule is CNC(Cc1cc(Cl)ccc1OC)c1ccc(C)cc1C. The van der Waals surface area contributed by atoms with Crippen LogP contribution in [0.25, 0.3) is 0 Å². The molecule has 2 rings (SSSR count). The third-order valence-corrected chi connectivity index (χ3v) is 4.05. The molecule has 0 aliphatic heterocycles. The van der Waals surface area contributed by atoms with Crippen LogP contribution in [0.3, 0.4) is 0 Å². The van der Waals surface area contributed by atoms with Crippen LogP contribution in [0.2, 0.25) is 5.02 Å². The van der Waals surface area contributed by atoms with Gasteiger partial charge in [-0.05, 0) is 62.2 Å². The molecule has 112 valence electrons. The number of methoxy groups -OCH3 is 1. The molecule has 1 atom stereocenters. The van der Waals surface area contributed by atoms with Crippen molar-refractivity contribution in [2.75, 3.05) is 14.2 Å². The second kappa shape index (κ2) is 6.97. The lowest BCUT2D eigenvalue weighted by molar-refractivity contribution is 0.406. The van der Waals surface area contributed by atoms with Gasteiger partial charge in [-0.1, -0.05) is 35.4 Å². The zero-order valence-corrected chi connectivity index (χ0v) is 13.8. The average molecular weight is 304 g/mol. The third kappa shape index (κ3) is 3.78. The molecule has 1 unspecified atom stereocenters. The van der Waals surface area contributed by atoms with Gasteiger partial charge in [0.15, 0.2) is 0 Å². The lowest BCUT2D eigenvalue weighted by Crippen LogP contribution is -2.20. The van der Waals surface area contributed by atoms with Crippen LogP contribution < -0.4 is 10.1 Å². The maximum atomic E-state index is 6.12. The molecule has 0 saturated carbocycles. The van der Waals surface area contributed by atoms with Gasteiger partial charge in [0.1, 0.15) is 5.75 Å². The molecular weight excluding hydrogens is 282 g/mol. The van der Waals surface area contributed by atoms with Gasteiger partial charge in [0, 0.05) is 11.1 Å². The topological polar surface area (TPSA) is 21.3 Å². The number of rotatable bonds is 5. The van der Waals surface area contributed by atoms with Gasteiger partial charge >= 0.3 is 0 Å². The molecule has 2 nitrogen and oxygen atoms in total. The minimum Gasteiger partial charge on any atom is -0.496 e. The van der Waals surface area contributed by atoms with Crippen molar-refractivity contribution in [2.45, 2.75) is 26.3 Å². The van der Waals surface area contributed by atoms with E-state index in [0.717, 1.165) is 22.8 Å². The first-order valence-electron chi connectivity index (χ1n) is 7.12. The summed E-state index contributed by atoms with van der Waals surface area (Å²) >= 11 is 6.12. The van der Waals surface area contributed by atoms with Crippen molar-refractivity contribution in [3.63, 3.8) is 0 Å². The summed E-state index contributed by atoms with van der Waals surface area (Å²) < 4.78 is 5.44. The predicted octanol–water partition coefficient (Wildman–Crippen LogP) is 4.47. The molecule has 0 bridgehead atoms. The third-order valence-electron chi connectivity index (χ3n) is 3.82. The molecule has 0 amide bonds. The number of hydrogen-bond donors (Lipinski definition) is 1. The van der Waals surface area contributed by atoms with Gasteiger partial charge in [0.2, 0.25) is 0 Å². The van der Waals surface area contributed by atoms with E-state index in [1.807, 2.05) is 25.2 Å². The van der Waals surface area contributed by atoms with Gasteiger partial charge in [0.25, 0.3) is 0 Å². The molecule has 0 aliphatic carbocycles. The second-order valence-corrected chi connectivity index (χ2v) is 5.80. The van der Waals surface area contributed by atoms with Crippen molar-refractivity contribution in [2.24, 2.45) is 0 Å². The number of benzene rings is 2. The fourth-order valence-corrected chi connectivity index (χ4v) is 2.91. The summed E-state index contributed by atoms with van der Waals surface area (Å²) in [6.07, 6.45) is 0.837. The Hall–Kier alpha value is -1.51. The standard InChI is InChI=1S/C18H22ClNO/c1-12-5-7-16(13(2)9-12)17(20-3)11-14-10-15(19)6-8-18(14)21-4/h5-10,17,20H,11H2,1-4H3. The highest BCUT2D eigenvalue weighted by Gasteiger charge is 2.15. The summed E-state index contributed by atoms with van der Waals surface area (Å²) in [5.41, 5.74) is 5.01. The van der Waals surface area contributed by atoms with Gasteiger partial charge in [-0.25, -0.2) is 0 Å². The fraction of sp³-hybridized carbons (Fsp3) is 0.333. The van der Waals surface area contributed by atoms with Crippen molar-refractivity contribution >= 4 is 11.6 Å². The van der Waals surface area contributed by atoms with Crippen molar-refractivity contribution in [1.82, 2.24) is 5.32 Å². The van der Waals surface area contributed by atoms with Crippen LogP contribution in [-0.2, 0) is 6.42 Å². The van der Waals surface area contributed by atoms with Crippen molar-refractivity contribution < 1.29 is 4.74 Å². The molecule has 3 heteroatoms. The first kappa shape index (κ1) is 15.9. The Labute approximate surface area is 132 Å². The van der Waals surface area contributed by atoms with E-state index >= 15 is 0 Å². The van der Waals surface area contributed by atoms with Crippen LogP contribution in [0, 0.1) is 13.8 Å². The number of aryl methyl sites for hydroxylation is 2. The average Bonchev–Trinajstić information content (AvgIpc) is 2.45. The smallest absolute Gasteiger partial charge is 0.122 e. The van der Waals surface area contributed by atoms with Crippen molar-refractivity contribution in [1.29, 1.82) is 0 Å². The zero-order valence-electron chi connectivity index (χ0n) is 13.0. The molecule has 2 aromatic carbocycles. The lowest BCUT2D eigenvalue weighted by atomic mass is 9.94. The van der Waals surface area contributed by atoms with Crippen molar-refractivity contribution in [3.05, 3.63) is 63.7 Å². The summed E-state index contributed by atoms with van der Waals surface area (Å²) in [6, 6.07) is 12.6. The molecule has 0 heterocycles. The molecule has 1 N–H and O–H groups in total. The molecule has 21 heavy (non-hydrogen) atoms. The second-order valence-electron chi connectivity index (χ2n) is 5.36. The molecule has 0 spiro atoms. The largest absolute Gasteiger partial charge is 0.496 e. The Morgan fingerprint density at radius 3 is 2.52 bits per heavy atom. The highest BCUT2D eigenvalue weighted by Crippen LogP contribution is 2.29. The monoisotopic (exact) mass is 303 g/mol. The summed E-state index contributed by atoms with van der Waals surface area (Å²) in [6.45, 7) is 4.27. The summed E-state index contributed by atoms with van der Waals surface area (Å²) in [5.74, 6) is 0.879. The van der Waals surface area contributed by atoms with E-state index in [1.165, 1.54) is 16.7 Å². The van der Waals surface area contributed by atoms with Gasteiger partial charge in [-0.2, -0.15) is 0 Å². The molecule has 0 fully saturated rings. The van der Waals surface area contributed by atoms with E-state index in [0.29, 0.717) is 0 Å². The van der Waals surface area contributed by atoms with Crippen LogP contribution in [0.5, 0.6) is 5.75 Å². The van der Waals surface area contributed by atoms with Crippen LogP contribution >= 0.6 is 11.6 Å². The highest BCUT2D eigenvalue weighted by atomic mass is 35.5. The van der Waals surface area contributed by atoms with E-state index in [4.69, 9.17) is 16.3 Å². The minimum atomic E-state index is 0.234. The van der Waals surface area contributed by atoms with Crippen molar-refractivity contribution in [3.8, 4) is 5.75 Å². The van der Waals surface area contributed by atoms with E-state index < -0.39 is 0 Å². The number of halogens is 1. The lowest BCUT2D eigenvalue weighted by Gasteiger charge is -2.21. The van der Waals surface area contributed by atoms with E-state index in [9.17, 15) is 0 Å². The number of likely N-dealkylation sites (N-methyl/N-ethyl adjacent to an activating group) is 1. The number of nitrogens with one attached hydrogen (secondary N) is 1. The maximum absolute atomic E-state index is 6.12. The van der Waals surface area contributed by atoms with Crippen LogP contribution in [-0.4, -0.2) is 14.2 Å². The quantitative estimate of drug-likeness (QED) is 0.880. The molecule has 0 aromatic heterocycles. The summed E-state index contributed by atoms with van der Waals surface area (Å²) in [7, 11) is 3.68. The fourth-order valence-electron chi connectivity index (χ4n) is 2.71. The Kier molecular flexibility index (Phi) is 5.27. The number of ether oxygens (including phenoxy) is 1. The van der Waals surface area contributed by atoms with Gasteiger partial charge in [-0.15, -0.1) is 0 Å². The van der Waals surface area contributed by atoms with Crippen LogP contribution in [0.1, 0.15) is 28.3 Å². The molecular formula is C18H22ClNO. The van der Waals surface area contributed by atoms with Gasteiger partial charge in [0.05, 0.1) is 7.11 Å².